The topological polar surface area (TPSA) is 132 Å². The molecule has 0 bridgehead atoms. The van der Waals surface area contributed by atoms with E-state index < -0.39 is 32.6 Å². The molecule has 0 aliphatic rings. The van der Waals surface area contributed by atoms with Crippen LogP contribution in [0.25, 0.3) is 0 Å². The lowest BCUT2D eigenvalue weighted by atomic mass is 10.3. The maximum atomic E-state index is 12.0. The Morgan fingerprint density at radius 2 is 1.90 bits per heavy atom. The van der Waals surface area contributed by atoms with E-state index in [0.717, 1.165) is 0 Å². The first-order valence-corrected chi connectivity index (χ1v) is 8.54. The molecule has 0 atom stereocenters. The molecule has 0 saturated carbocycles. The van der Waals surface area contributed by atoms with E-state index in [0.29, 0.717) is 5.75 Å². The van der Waals surface area contributed by atoms with Crippen molar-refractivity contribution in [2.24, 2.45) is 10.2 Å². The molecule has 1 N–H and O–H groups in total. The number of azo groups is 1. The van der Waals surface area contributed by atoms with Crippen LogP contribution in [0.5, 0.6) is 5.75 Å². The molecule has 0 radical (unpaired) electrons. The van der Waals surface area contributed by atoms with Crippen LogP contribution >= 0.6 is 0 Å². The van der Waals surface area contributed by atoms with Crippen LogP contribution < -0.4 is 4.74 Å². The van der Waals surface area contributed by atoms with Gasteiger partial charge in [-0.05, 0) is 18.2 Å². The second-order valence-corrected chi connectivity index (χ2v) is 6.90. The van der Waals surface area contributed by atoms with Crippen LogP contribution in [0.3, 0.4) is 0 Å². The molecule has 1 rings (SSSR count). The zero-order valence-electron chi connectivity index (χ0n) is 11.3. The van der Waals surface area contributed by atoms with E-state index in [9.17, 15) is 16.8 Å². The minimum atomic E-state index is -4.67. The van der Waals surface area contributed by atoms with Crippen LogP contribution in [0.4, 0.5) is 5.69 Å². The average Bonchev–Trinajstić information content (AvgIpc) is 2.37. The average molecular weight is 338 g/mol. The first-order chi connectivity index (χ1) is 9.69. The van der Waals surface area contributed by atoms with Crippen LogP contribution in [0, 0.1) is 0 Å². The van der Waals surface area contributed by atoms with Gasteiger partial charge in [0.1, 0.15) is 11.4 Å². The van der Waals surface area contributed by atoms with Crippen LogP contribution in [0.15, 0.2) is 33.3 Å². The molecule has 0 heterocycles. The van der Waals surface area contributed by atoms with Gasteiger partial charge in [-0.15, -0.1) is 0 Å². The van der Waals surface area contributed by atoms with Crippen LogP contribution in [-0.4, -0.2) is 47.9 Å². The largest absolute Gasteiger partial charge is 0.494 e. The summed E-state index contributed by atoms with van der Waals surface area (Å²) >= 11 is 0. The van der Waals surface area contributed by atoms with E-state index >= 15 is 0 Å². The number of methoxy groups -OCH3 is 1. The fourth-order valence-electron chi connectivity index (χ4n) is 1.42. The fraction of sp³-hybridized carbons (Fsp3) is 0.400. The molecule has 9 nitrogen and oxygen atoms in total. The highest BCUT2D eigenvalue weighted by atomic mass is 32.3. The smallest absolute Gasteiger partial charge is 0.397 e. The van der Waals surface area contributed by atoms with Gasteiger partial charge < -0.3 is 4.74 Å². The van der Waals surface area contributed by atoms with Gasteiger partial charge in [0, 0.05) is 7.05 Å². The molecule has 0 aliphatic heterocycles. The van der Waals surface area contributed by atoms with Gasteiger partial charge in [-0.3, -0.25) is 4.55 Å². The molecule has 0 aromatic heterocycles. The lowest BCUT2D eigenvalue weighted by Gasteiger charge is -2.07. The van der Waals surface area contributed by atoms with Gasteiger partial charge in [0.25, 0.3) is 0 Å². The van der Waals surface area contributed by atoms with Crippen molar-refractivity contribution in [3.05, 3.63) is 18.2 Å². The molecule has 0 amide bonds. The molecule has 11 heteroatoms. The molecule has 1 aromatic carbocycles. The van der Waals surface area contributed by atoms with Crippen LogP contribution in [0.2, 0.25) is 0 Å². The summed E-state index contributed by atoms with van der Waals surface area (Å²) in [7, 11) is -5.66. The zero-order valence-corrected chi connectivity index (χ0v) is 12.9. The van der Waals surface area contributed by atoms with E-state index in [1.165, 1.54) is 32.4 Å². The Hall–Kier alpha value is -1.56. The van der Waals surface area contributed by atoms with Gasteiger partial charge in [0.05, 0.1) is 24.4 Å². The first-order valence-electron chi connectivity index (χ1n) is 5.52. The number of hydrogen-bond donors (Lipinski definition) is 1. The summed E-state index contributed by atoms with van der Waals surface area (Å²) in [4.78, 5) is -0.0929. The molecule has 0 fully saturated rings. The van der Waals surface area contributed by atoms with Gasteiger partial charge in [0.2, 0.25) is 0 Å². The Bertz CT molecular complexity index is 726. The molecular weight excluding hydrogens is 324 g/mol. The third kappa shape index (κ3) is 5.38. The van der Waals surface area contributed by atoms with Crippen molar-refractivity contribution in [2.75, 3.05) is 26.5 Å². The van der Waals surface area contributed by atoms with E-state index in [4.69, 9.17) is 9.29 Å². The molecule has 0 unspecified atom stereocenters. The summed E-state index contributed by atoms with van der Waals surface area (Å²) in [6, 6.07) is 3.94. The van der Waals surface area contributed by atoms with Crippen LogP contribution in [0.1, 0.15) is 0 Å². The minimum Gasteiger partial charge on any atom is -0.494 e. The molecule has 118 valence electrons. The normalized spacial score (nSPS) is 12.7. The monoisotopic (exact) mass is 338 g/mol. The Labute approximate surface area is 122 Å². The lowest BCUT2D eigenvalue weighted by molar-refractivity contribution is 0.284. The maximum absolute atomic E-state index is 12.0. The third-order valence-electron chi connectivity index (χ3n) is 2.30. The third-order valence-corrected chi connectivity index (χ3v) is 4.44. The Kier molecular flexibility index (Phi) is 5.78. The number of rotatable bonds is 7. The highest BCUT2D eigenvalue weighted by Gasteiger charge is 2.18. The Morgan fingerprint density at radius 3 is 2.43 bits per heavy atom. The first kappa shape index (κ1) is 17.5. The number of nitrogens with zero attached hydrogens (tertiary/aromatic N) is 2. The van der Waals surface area contributed by atoms with Crippen molar-refractivity contribution < 1.29 is 30.3 Å². The van der Waals surface area contributed by atoms with Gasteiger partial charge in [-0.2, -0.15) is 18.6 Å². The SMILES string of the molecule is CN=Nc1cc(S(=O)(=O)CCOS(=O)(=O)O)ccc1OC. The molecule has 0 saturated heterocycles. The second kappa shape index (κ2) is 6.93. The van der Waals surface area contributed by atoms with Crippen molar-refractivity contribution in [1.29, 1.82) is 0 Å². The molecule has 0 aliphatic carbocycles. The van der Waals surface area contributed by atoms with Gasteiger partial charge >= 0.3 is 10.4 Å². The summed E-state index contributed by atoms with van der Waals surface area (Å²) in [5.74, 6) is -0.282. The number of sulfone groups is 1. The molecular formula is C10H14N2O7S2. The van der Waals surface area contributed by atoms with E-state index in [1.807, 2.05) is 0 Å². The van der Waals surface area contributed by atoms with Gasteiger partial charge in [0.15, 0.2) is 9.84 Å². The Balaban J connectivity index is 3.00. The van der Waals surface area contributed by atoms with Crippen molar-refractivity contribution in [1.82, 2.24) is 0 Å². The quantitative estimate of drug-likeness (QED) is 0.579. The summed E-state index contributed by atoms with van der Waals surface area (Å²) in [5, 5.41) is 7.28. The molecule has 0 spiro atoms. The number of hydrogen-bond acceptors (Lipinski definition) is 8. The summed E-state index contributed by atoms with van der Waals surface area (Å²) in [6.45, 7) is -0.697. The second-order valence-electron chi connectivity index (χ2n) is 3.70. The van der Waals surface area contributed by atoms with E-state index in [-0.39, 0.29) is 10.6 Å². The number of ether oxygens (including phenoxy) is 1. The van der Waals surface area contributed by atoms with Crippen molar-refractivity contribution >= 4 is 25.9 Å². The lowest BCUT2D eigenvalue weighted by Crippen LogP contribution is -2.15. The van der Waals surface area contributed by atoms with Crippen LogP contribution in [-0.2, 0) is 24.4 Å². The predicted molar refractivity (Wildman–Crippen MR) is 73.0 cm³/mol. The van der Waals surface area contributed by atoms with Crippen molar-refractivity contribution in [2.45, 2.75) is 4.90 Å². The minimum absolute atomic E-state index is 0.0929. The van der Waals surface area contributed by atoms with Crippen molar-refractivity contribution in [3.8, 4) is 5.75 Å². The van der Waals surface area contributed by atoms with Gasteiger partial charge in [-0.1, -0.05) is 0 Å². The highest BCUT2D eigenvalue weighted by Crippen LogP contribution is 2.30. The van der Waals surface area contributed by atoms with Crippen molar-refractivity contribution in [3.63, 3.8) is 0 Å². The summed E-state index contributed by atoms with van der Waals surface area (Å²) in [6.07, 6.45) is 0. The maximum Gasteiger partial charge on any atom is 0.397 e. The number of benzene rings is 1. The zero-order chi connectivity index (χ0) is 16.1. The van der Waals surface area contributed by atoms with E-state index in [1.54, 1.807) is 0 Å². The fourth-order valence-corrected chi connectivity index (χ4v) is 2.92. The predicted octanol–water partition coefficient (Wildman–Crippen LogP) is 1.00. The Morgan fingerprint density at radius 1 is 1.24 bits per heavy atom. The van der Waals surface area contributed by atoms with E-state index in [2.05, 4.69) is 14.4 Å². The standard InChI is InChI=1S/C10H14N2O7S2/c1-11-12-9-7-8(3-4-10(9)18-2)20(13,14)6-5-19-21(15,16)17/h3-4,7H,5-6H2,1-2H3,(H,15,16,17). The summed E-state index contributed by atoms with van der Waals surface area (Å²) < 4.78 is 62.1. The molecule has 1 aromatic rings. The van der Waals surface area contributed by atoms with Gasteiger partial charge in [-0.25, -0.2) is 12.6 Å². The summed E-state index contributed by atoms with van der Waals surface area (Å²) in [5.41, 5.74) is 0.219. The molecule has 21 heavy (non-hydrogen) atoms. The highest BCUT2D eigenvalue weighted by molar-refractivity contribution is 7.91.